The fourth-order valence-corrected chi connectivity index (χ4v) is 2.70. The lowest BCUT2D eigenvalue weighted by atomic mass is 10.1. The third-order valence-electron chi connectivity index (χ3n) is 2.91. The molecule has 0 aliphatic carbocycles. The lowest BCUT2D eigenvalue weighted by Gasteiger charge is -2.20. The Morgan fingerprint density at radius 3 is 2.80 bits per heavy atom. The molecular weight excluding hydrogens is 278 g/mol. The quantitative estimate of drug-likeness (QED) is 0.675. The molecule has 1 aromatic rings. The van der Waals surface area contributed by atoms with E-state index in [1.165, 1.54) is 18.9 Å². The number of fused-ring (bicyclic) bond motifs is 1. The molecule has 0 radical (unpaired) electrons. The zero-order valence-electron chi connectivity index (χ0n) is 11.7. The van der Waals surface area contributed by atoms with Gasteiger partial charge in [-0.2, -0.15) is 0 Å². The number of esters is 1. The van der Waals surface area contributed by atoms with Crippen molar-refractivity contribution in [3.63, 3.8) is 0 Å². The van der Waals surface area contributed by atoms with Crippen LogP contribution in [-0.4, -0.2) is 37.6 Å². The average molecular weight is 297 g/mol. The Kier molecular flexibility index (Phi) is 4.77. The van der Waals surface area contributed by atoms with Crippen LogP contribution >= 0.6 is 11.8 Å². The third-order valence-corrected chi connectivity index (χ3v) is 4.24. The Morgan fingerprint density at radius 1 is 1.40 bits per heavy atom. The van der Waals surface area contributed by atoms with Gasteiger partial charge >= 0.3 is 5.97 Å². The molecule has 0 saturated carbocycles. The van der Waals surface area contributed by atoms with Gasteiger partial charge in [0.25, 0.3) is 0 Å². The van der Waals surface area contributed by atoms with E-state index in [4.69, 9.17) is 15.2 Å². The summed E-state index contributed by atoms with van der Waals surface area (Å²) < 4.78 is 15.9. The van der Waals surface area contributed by atoms with Crippen LogP contribution in [0.25, 0.3) is 0 Å². The summed E-state index contributed by atoms with van der Waals surface area (Å²) in [5.41, 5.74) is 4.92. The highest BCUT2D eigenvalue weighted by Gasteiger charge is 2.29. The molecule has 1 aliphatic rings. The van der Waals surface area contributed by atoms with Crippen LogP contribution in [0.2, 0.25) is 0 Å². The van der Waals surface area contributed by atoms with E-state index in [1.807, 2.05) is 18.2 Å². The number of thioether (sulfide) groups is 1. The van der Waals surface area contributed by atoms with Gasteiger partial charge in [0.15, 0.2) is 11.5 Å². The van der Waals surface area contributed by atoms with E-state index in [2.05, 4.69) is 4.74 Å². The number of carbonyl (C=O) groups excluding carboxylic acids is 1. The fourth-order valence-electron chi connectivity index (χ4n) is 1.76. The summed E-state index contributed by atoms with van der Waals surface area (Å²) in [6, 6.07) is 5.74. The third kappa shape index (κ3) is 3.58. The molecule has 5 nitrogen and oxygen atoms in total. The van der Waals surface area contributed by atoms with E-state index in [0.717, 1.165) is 22.8 Å². The van der Waals surface area contributed by atoms with Crippen molar-refractivity contribution in [1.29, 1.82) is 0 Å². The molecule has 6 heteroatoms. The maximum atomic E-state index is 11.5. The molecule has 110 valence electrons. The number of methoxy groups -OCH3 is 1. The van der Waals surface area contributed by atoms with Crippen molar-refractivity contribution in [2.75, 3.05) is 26.1 Å². The number of hydrogen-bond donors (Lipinski definition) is 1. The summed E-state index contributed by atoms with van der Waals surface area (Å²) in [4.78, 5) is 12.5. The standard InChI is InChI=1S/C14H19NO4S/c1-14(15,13(16)17-2)9-20-10-4-5-11-12(8-10)19-7-3-6-18-11/h4-5,8H,3,6-7,9,15H2,1-2H3. The van der Waals surface area contributed by atoms with Gasteiger partial charge in [0, 0.05) is 17.1 Å². The SMILES string of the molecule is COC(=O)C(C)(N)CSc1ccc2c(c1)OCCCO2. The van der Waals surface area contributed by atoms with E-state index in [9.17, 15) is 4.79 Å². The molecule has 1 unspecified atom stereocenters. The van der Waals surface area contributed by atoms with Crippen LogP contribution in [0.5, 0.6) is 11.5 Å². The van der Waals surface area contributed by atoms with Crippen LogP contribution in [0.3, 0.4) is 0 Å². The van der Waals surface area contributed by atoms with Gasteiger partial charge in [0.1, 0.15) is 5.54 Å². The second kappa shape index (κ2) is 6.37. The van der Waals surface area contributed by atoms with E-state index in [1.54, 1.807) is 6.92 Å². The zero-order chi connectivity index (χ0) is 14.6. The van der Waals surface area contributed by atoms with Crippen molar-refractivity contribution in [2.45, 2.75) is 23.8 Å². The topological polar surface area (TPSA) is 70.8 Å². The second-order valence-corrected chi connectivity index (χ2v) is 5.91. The first-order valence-electron chi connectivity index (χ1n) is 6.43. The minimum Gasteiger partial charge on any atom is -0.490 e. The van der Waals surface area contributed by atoms with Crippen molar-refractivity contribution >= 4 is 17.7 Å². The molecule has 0 amide bonds. The summed E-state index contributed by atoms with van der Waals surface area (Å²) in [6.45, 7) is 2.98. The van der Waals surface area contributed by atoms with Gasteiger partial charge in [0.2, 0.25) is 0 Å². The van der Waals surface area contributed by atoms with Gasteiger partial charge in [0.05, 0.1) is 20.3 Å². The van der Waals surface area contributed by atoms with Crippen LogP contribution in [-0.2, 0) is 9.53 Å². The van der Waals surface area contributed by atoms with Crippen LogP contribution in [0.1, 0.15) is 13.3 Å². The number of benzene rings is 1. The Labute approximate surface area is 122 Å². The van der Waals surface area contributed by atoms with Gasteiger partial charge in [-0.1, -0.05) is 0 Å². The second-order valence-electron chi connectivity index (χ2n) is 4.86. The van der Waals surface area contributed by atoms with Crippen LogP contribution in [0.4, 0.5) is 0 Å². The molecule has 0 spiro atoms. The number of nitrogens with two attached hydrogens (primary N) is 1. The molecule has 0 fully saturated rings. The summed E-state index contributed by atoms with van der Waals surface area (Å²) >= 11 is 1.49. The van der Waals surface area contributed by atoms with Crippen LogP contribution < -0.4 is 15.2 Å². The first-order chi connectivity index (χ1) is 9.53. The maximum Gasteiger partial charge on any atom is 0.326 e. The molecule has 0 aromatic heterocycles. The number of carbonyl (C=O) groups is 1. The largest absolute Gasteiger partial charge is 0.490 e. The summed E-state index contributed by atoms with van der Waals surface area (Å²) in [7, 11) is 1.34. The Bertz CT molecular complexity index is 490. The highest BCUT2D eigenvalue weighted by atomic mass is 32.2. The van der Waals surface area contributed by atoms with E-state index < -0.39 is 11.5 Å². The maximum absolute atomic E-state index is 11.5. The van der Waals surface area contributed by atoms with Gasteiger partial charge in [-0.15, -0.1) is 11.8 Å². The number of rotatable bonds is 4. The average Bonchev–Trinajstić information content (AvgIpc) is 2.68. The van der Waals surface area contributed by atoms with Crippen LogP contribution in [0.15, 0.2) is 23.1 Å². The summed E-state index contributed by atoms with van der Waals surface area (Å²) in [5.74, 6) is 1.51. The minimum atomic E-state index is -1.01. The van der Waals surface area contributed by atoms with Crippen molar-refractivity contribution in [3.8, 4) is 11.5 Å². The van der Waals surface area contributed by atoms with Gasteiger partial charge < -0.3 is 19.9 Å². The molecule has 1 heterocycles. The normalized spacial score (nSPS) is 16.9. The Balaban J connectivity index is 2.04. The molecule has 2 rings (SSSR count). The Hall–Kier alpha value is -1.40. The first-order valence-corrected chi connectivity index (χ1v) is 7.41. The number of ether oxygens (including phenoxy) is 3. The molecule has 20 heavy (non-hydrogen) atoms. The smallest absolute Gasteiger partial charge is 0.326 e. The highest BCUT2D eigenvalue weighted by molar-refractivity contribution is 7.99. The molecule has 1 aliphatic heterocycles. The molecule has 2 N–H and O–H groups in total. The lowest BCUT2D eigenvalue weighted by molar-refractivity contribution is -0.145. The lowest BCUT2D eigenvalue weighted by Crippen LogP contribution is -2.48. The van der Waals surface area contributed by atoms with Crippen molar-refractivity contribution in [1.82, 2.24) is 0 Å². The fraction of sp³-hybridized carbons (Fsp3) is 0.500. The van der Waals surface area contributed by atoms with Gasteiger partial charge in [-0.05, 0) is 25.1 Å². The van der Waals surface area contributed by atoms with Crippen molar-refractivity contribution < 1.29 is 19.0 Å². The monoisotopic (exact) mass is 297 g/mol. The van der Waals surface area contributed by atoms with E-state index in [0.29, 0.717) is 19.0 Å². The first kappa shape index (κ1) is 15.0. The van der Waals surface area contributed by atoms with Crippen molar-refractivity contribution in [3.05, 3.63) is 18.2 Å². The summed E-state index contributed by atoms with van der Waals surface area (Å²) in [6.07, 6.45) is 0.875. The molecule has 0 bridgehead atoms. The predicted molar refractivity (Wildman–Crippen MR) is 77.4 cm³/mol. The number of hydrogen-bond acceptors (Lipinski definition) is 6. The Morgan fingerprint density at radius 2 is 2.10 bits per heavy atom. The zero-order valence-corrected chi connectivity index (χ0v) is 12.5. The van der Waals surface area contributed by atoms with E-state index >= 15 is 0 Å². The van der Waals surface area contributed by atoms with Gasteiger partial charge in [-0.3, -0.25) is 4.79 Å². The summed E-state index contributed by atoms with van der Waals surface area (Å²) in [5, 5.41) is 0. The van der Waals surface area contributed by atoms with Crippen LogP contribution in [0, 0.1) is 0 Å². The molecule has 0 saturated heterocycles. The van der Waals surface area contributed by atoms with Gasteiger partial charge in [-0.25, -0.2) is 0 Å². The predicted octanol–water partition coefficient (Wildman–Crippen LogP) is 1.83. The highest BCUT2D eigenvalue weighted by Crippen LogP contribution is 2.34. The van der Waals surface area contributed by atoms with Crippen molar-refractivity contribution in [2.24, 2.45) is 5.73 Å². The van der Waals surface area contributed by atoms with E-state index in [-0.39, 0.29) is 0 Å². The molecule has 1 aromatic carbocycles. The minimum absolute atomic E-state index is 0.417. The molecular formula is C14H19NO4S. The molecule has 1 atom stereocenters.